The van der Waals surface area contributed by atoms with Crippen LogP contribution in [0.25, 0.3) is 0 Å². The molecule has 0 saturated carbocycles. The first kappa shape index (κ1) is 14.3. The Morgan fingerprint density at radius 1 is 1.00 bits per heavy atom. The highest BCUT2D eigenvalue weighted by Gasteiger charge is 2.10. The summed E-state index contributed by atoms with van der Waals surface area (Å²) in [5, 5.41) is 18.7. The van der Waals surface area contributed by atoms with Gasteiger partial charge in [-0.05, 0) is 42.0 Å². The minimum atomic E-state index is 0.635. The highest BCUT2D eigenvalue weighted by Crippen LogP contribution is 2.20. The lowest BCUT2D eigenvalue weighted by Crippen LogP contribution is -2.27. The minimum absolute atomic E-state index is 0.635. The van der Waals surface area contributed by atoms with Crippen LogP contribution in [-0.2, 0) is 6.54 Å². The lowest BCUT2D eigenvalue weighted by Gasteiger charge is -2.25. The van der Waals surface area contributed by atoms with Gasteiger partial charge in [0.05, 0.1) is 23.9 Å². The van der Waals surface area contributed by atoms with Crippen molar-refractivity contribution in [3.63, 3.8) is 0 Å². The molecule has 3 rings (SSSR count). The molecule has 3 aromatic rings. The Morgan fingerprint density at radius 3 is 2.23 bits per heavy atom. The van der Waals surface area contributed by atoms with E-state index in [4.69, 9.17) is 5.26 Å². The largest absolute Gasteiger partial charge is 0.274 e. The maximum atomic E-state index is 8.92. The zero-order chi connectivity index (χ0) is 15.4. The van der Waals surface area contributed by atoms with Gasteiger partial charge in [-0.3, -0.25) is 5.01 Å². The van der Waals surface area contributed by atoms with Crippen LogP contribution in [0, 0.1) is 11.3 Å². The molecule has 1 heterocycles. The first-order valence-electron chi connectivity index (χ1n) is 6.63. The van der Waals surface area contributed by atoms with Crippen molar-refractivity contribution in [1.82, 2.24) is 14.9 Å². The van der Waals surface area contributed by atoms with Crippen molar-refractivity contribution < 1.29 is 0 Å². The standard InChI is InChI=1S/C16H12BrN5/c17-15-5-1-14(2-6-15)10-22(21-11-19-20-12-21)16-7-3-13(9-18)4-8-16/h1-8,11-12H,10H2/i9-1. The van der Waals surface area contributed by atoms with Crippen LogP contribution in [0.1, 0.15) is 11.1 Å². The molecule has 0 unspecified atom stereocenters. The molecule has 5 nitrogen and oxygen atoms in total. The van der Waals surface area contributed by atoms with Gasteiger partial charge in [0.15, 0.2) is 0 Å². The van der Waals surface area contributed by atoms with Gasteiger partial charge < -0.3 is 0 Å². The summed E-state index contributed by atoms with van der Waals surface area (Å²) in [6.45, 7) is 0.664. The van der Waals surface area contributed by atoms with Crippen molar-refractivity contribution in [2.45, 2.75) is 6.54 Å². The number of nitrogens with zero attached hydrogens (tertiary/aromatic N) is 5. The smallest absolute Gasteiger partial charge is 0.139 e. The zero-order valence-electron chi connectivity index (χ0n) is 11.6. The first-order chi connectivity index (χ1) is 10.8. The number of hydrogen-bond acceptors (Lipinski definition) is 4. The fourth-order valence-electron chi connectivity index (χ4n) is 2.10. The number of rotatable bonds is 4. The van der Waals surface area contributed by atoms with Gasteiger partial charge in [0.25, 0.3) is 0 Å². The molecule has 0 aliphatic rings. The average molecular weight is 353 g/mol. The molecule has 2 aromatic carbocycles. The molecule has 108 valence electrons. The second-order valence-electron chi connectivity index (χ2n) is 4.68. The van der Waals surface area contributed by atoms with Crippen molar-refractivity contribution in [3.8, 4) is 6.07 Å². The van der Waals surface area contributed by atoms with Crippen molar-refractivity contribution >= 4 is 21.6 Å². The van der Waals surface area contributed by atoms with Crippen molar-refractivity contribution in [2.24, 2.45) is 0 Å². The molecule has 0 spiro atoms. The molecule has 0 bridgehead atoms. The van der Waals surface area contributed by atoms with E-state index in [0.717, 1.165) is 15.7 Å². The highest BCUT2D eigenvalue weighted by molar-refractivity contribution is 9.10. The van der Waals surface area contributed by atoms with Crippen LogP contribution < -0.4 is 5.01 Å². The van der Waals surface area contributed by atoms with Crippen LogP contribution in [0.2, 0.25) is 0 Å². The molecule has 0 N–H and O–H groups in total. The molecule has 0 atom stereocenters. The molecule has 1 aromatic heterocycles. The Kier molecular flexibility index (Phi) is 4.17. The fourth-order valence-corrected chi connectivity index (χ4v) is 2.36. The molecular formula is C16H12BrN5. The van der Waals surface area contributed by atoms with E-state index in [1.165, 1.54) is 0 Å². The fraction of sp³-hybridized carbons (Fsp3) is 0.0625. The third-order valence-electron chi connectivity index (χ3n) is 3.23. The normalized spacial score (nSPS) is 10.2. The third kappa shape index (κ3) is 3.15. The zero-order valence-corrected chi connectivity index (χ0v) is 13.2. The van der Waals surface area contributed by atoms with Crippen LogP contribution in [0.15, 0.2) is 65.7 Å². The molecule has 0 radical (unpaired) electrons. The second-order valence-corrected chi connectivity index (χ2v) is 5.60. The predicted molar refractivity (Wildman–Crippen MR) is 86.9 cm³/mol. The lowest BCUT2D eigenvalue weighted by molar-refractivity contribution is 0.686. The Morgan fingerprint density at radius 2 is 1.64 bits per heavy atom. The predicted octanol–water partition coefficient (Wildman–Crippen LogP) is 3.38. The van der Waals surface area contributed by atoms with E-state index in [9.17, 15) is 0 Å². The first-order valence-corrected chi connectivity index (χ1v) is 7.42. The Labute approximate surface area is 136 Å². The van der Waals surface area contributed by atoms with E-state index < -0.39 is 0 Å². The van der Waals surface area contributed by atoms with Gasteiger partial charge in [-0.2, -0.15) is 5.26 Å². The Balaban J connectivity index is 1.93. The summed E-state index contributed by atoms with van der Waals surface area (Å²) in [4.78, 5) is 0. The lowest BCUT2D eigenvalue weighted by atomic mass is 10.0. The molecule has 22 heavy (non-hydrogen) atoms. The van der Waals surface area contributed by atoms with Gasteiger partial charge in [0.2, 0.25) is 0 Å². The molecule has 0 amide bonds. The van der Waals surface area contributed by atoms with Crippen LogP contribution in [0.4, 0.5) is 5.69 Å². The number of halogens is 1. The monoisotopic (exact) mass is 352 g/mol. The van der Waals surface area contributed by atoms with Crippen LogP contribution >= 0.6 is 15.9 Å². The average Bonchev–Trinajstić information content (AvgIpc) is 3.09. The van der Waals surface area contributed by atoms with Crippen molar-refractivity contribution in [3.05, 3.63) is 76.8 Å². The minimum Gasteiger partial charge on any atom is -0.274 e. The Bertz CT molecular complexity index is 773. The van der Waals surface area contributed by atoms with Crippen molar-refractivity contribution in [1.29, 1.82) is 5.26 Å². The summed E-state index contributed by atoms with van der Waals surface area (Å²) >= 11 is 3.44. The summed E-state index contributed by atoms with van der Waals surface area (Å²) in [5.74, 6) is 0. The summed E-state index contributed by atoms with van der Waals surface area (Å²) in [6.07, 6.45) is 3.30. The molecule has 0 aliphatic heterocycles. The number of anilines is 1. The Hall–Kier alpha value is -2.65. The summed E-state index contributed by atoms with van der Waals surface area (Å²) < 4.78 is 2.87. The SMILES string of the molecule is N#[11C]c1ccc(N(Cc2ccc(Br)cc2)n2cnnc2)cc1. The van der Waals surface area contributed by atoms with E-state index in [0.29, 0.717) is 12.1 Å². The van der Waals surface area contributed by atoms with Gasteiger partial charge in [-0.15, -0.1) is 10.2 Å². The molecule has 0 aliphatic carbocycles. The van der Waals surface area contributed by atoms with Crippen molar-refractivity contribution in [2.75, 3.05) is 5.01 Å². The van der Waals surface area contributed by atoms with Gasteiger partial charge in [0, 0.05) is 4.47 Å². The maximum absolute atomic E-state index is 8.92. The number of hydrogen-bond donors (Lipinski definition) is 0. The van der Waals surface area contributed by atoms with E-state index in [1.807, 2.05) is 34.0 Å². The van der Waals surface area contributed by atoms with E-state index in [-0.39, 0.29) is 0 Å². The van der Waals surface area contributed by atoms with E-state index in [2.05, 4.69) is 44.3 Å². The highest BCUT2D eigenvalue weighted by atomic mass is 79.9. The summed E-state index contributed by atoms with van der Waals surface area (Å²) in [5.41, 5.74) is 2.75. The third-order valence-corrected chi connectivity index (χ3v) is 3.75. The van der Waals surface area contributed by atoms with Crippen LogP contribution in [0.5, 0.6) is 0 Å². The van der Waals surface area contributed by atoms with E-state index >= 15 is 0 Å². The summed E-state index contributed by atoms with van der Waals surface area (Å²) in [7, 11) is 0. The molecule has 0 saturated heterocycles. The molecule has 6 heteroatoms. The molecular weight excluding hydrogens is 341 g/mol. The van der Waals surface area contributed by atoms with Gasteiger partial charge in [0.1, 0.15) is 12.7 Å². The quantitative estimate of drug-likeness (QED) is 0.722. The van der Waals surface area contributed by atoms with Gasteiger partial charge in [-0.25, -0.2) is 4.68 Å². The van der Waals surface area contributed by atoms with E-state index in [1.54, 1.807) is 24.8 Å². The number of nitriles is 1. The maximum Gasteiger partial charge on any atom is 0.139 e. The molecule has 0 fully saturated rings. The topological polar surface area (TPSA) is 57.7 Å². The number of benzene rings is 2. The summed E-state index contributed by atoms with van der Waals surface area (Å²) in [6, 6.07) is 17.7. The number of aromatic nitrogens is 3. The van der Waals surface area contributed by atoms with Crippen LogP contribution in [0.3, 0.4) is 0 Å². The van der Waals surface area contributed by atoms with Gasteiger partial charge in [-0.1, -0.05) is 28.1 Å². The van der Waals surface area contributed by atoms with Gasteiger partial charge >= 0.3 is 0 Å². The van der Waals surface area contributed by atoms with Crippen LogP contribution in [-0.4, -0.2) is 14.9 Å². The second kappa shape index (κ2) is 6.41.